The molecule has 0 aromatic heterocycles. The molecule has 0 bridgehead atoms. The minimum absolute atomic E-state index is 0.00576. The van der Waals surface area contributed by atoms with Gasteiger partial charge in [0, 0.05) is 40.3 Å². The van der Waals surface area contributed by atoms with Gasteiger partial charge < -0.3 is 29.2 Å². The molecule has 0 heterocycles. The van der Waals surface area contributed by atoms with E-state index in [4.69, 9.17) is 42.1 Å². The molecule has 1 fully saturated rings. The van der Waals surface area contributed by atoms with Gasteiger partial charge >= 0.3 is 0 Å². The van der Waals surface area contributed by atoms with E-state index in [2.05, 4.69) is 5.32 Å². The van der Waals surface area contributed by atoms with E-state index in [9.17, 15) is 18.0 Å². The summed E-state index contributed by atoms with van der Waals surface area (Å²) in [6.45, 7) is 0.714. The van der Waals surface area contributed by atoms with Gasteiger partial charge in [-0.25, -0.2) is 8.42 Å². The number of amides is 2. The molecular formula is C33H39Cl2N3O8S. The van der Waals surface area contributed by atoms with E-state index in [-0.39, 0.29) is 40.6 Å². The summed E-state index contributed by atoms with van der Waals surface area (Å²) < 4.78 is 51.4. The van der Waals surface area contributed by atoms with Crippen molar-refractivity contribution in [2.45, 2.75) is 56.1 Å². The number of hydrogen-bond donors (Lipinski definition) is 1. The van der Waals surface area contributed by atoms with Gasteiger partial charge in [0.25, 0.3) is 10.0 Å². The number of benzene rings is 3. The van der Waals surface area contributed by atoms with Gasteiger partial charge in [-0.3, -0.25) is 13.9 Å². The van der Waals surface area contributed by atoms with E-state index < -0.39 is 28.5 Å². The number of carbonyl (C=O) groups is 2. The highest BCUT2D eigenvalue weighted by Gasteiger charge is 2.35. The summed E-state index contributed by atoms with van der Waals surface area (Å²) >= 11 is 13.0. The number of ether oxygens (including phenoxy) is 4. The summed E-state index contributed by atoms with van der Waals surface area (Å²) in [5.41, 5.74) is 0.451. The van der Waals surface area contributed by atoms with Crippen LogP contribution in [0.3, 0.4) is 0 Å². The van der Waals surface area contributed by atoms with Gasteiger partial charge in [-0.05, 0) is 56.2 Å². The first-order valence-corrected chi connectivity index (χ1v) is 17.1. The predicted octanol–water partition coefficient (Wildman–Crippen LogP) is 5.70. The number of carbonyl (C=O) groups excluding carboxylic acids is 2. The summed E-state index contributed by atoms with van der Waals surface area (Å²) in [7, 11) is 1.15. The molecule has 0 radical (unpaired) electrons. The van der Waals surface area contributed by atoms with Crippen molar-refractivity contribution < 1.29 is 37.0 Å². The van der Waals surface area contributed by atoms with Crippen molar-refractivity contribution in [3.05, 3.63) is 70.2 Å². The smallest absolute Gasteiger partial charge is 0.265 e. The Morgan fingerprint density at radius 3 is 2.09 bits per heavy atom. The third kappa shape index (κ3) is 8.17. The molecule has 0 aliphatic heterocycles. The number of rotatable bonds is 14. The van der Waals surface area contributed by atoms with Gasteiger partial charge in [0.05, 0.1) is 39.0 Å². The minimum Gasteiger partial charge on any atom is -0.497 e. The van der Waals surface area contributed by atoms with Crippen LogP contribution in [0.25, 0.3) is 0 Å². The zero-order chi connectivity index (χ0) is 34.3. The highest BCUT2D eigenvalue weighted by atomic mass is 35.5. The average molecular weight is 709 g/mol. The second-order valence-corrected chi connectivity index (χ2v) is 13.6. The lowest BCUT2D eigenvalue weighted by atomic mass is 10.1. The molecule has 1 aliphatic carbocycles. The van der Waals surface area contributed by atoms with E-state index >= 15 is 0 Å². The van der Waals surface area contributed by atoms with Crippen molar-refractivity contribution in [2.75, 3.05) is 39.3 Å². The van der Waals surface area contributed by atoms with Crippen molar-refractivity contribution in [3.8, 4) is 23.0 Å². The Morgan fingerprint density at radius 2 is 1.49 bits per heavy atom. The van der Waals surface area contributed by atoms with Crippen LogP contribution in [0.4, 0.5) is 5.69 Å². The number of halogens is 2. The molecule has 0 spiro atoms. The Kier molecular flexibility index (Phi) is 12.1. The molecule has 3 aromatic carbocycles. The van der Waals surface area contributed by atoms with Crippen LogP contribution >= 0.6 is 23.2 Å². The number of nitrogens with one attached hydrogen (secondary N) is 1. The second kappa shape index (κ2) is 15.8. The molecule has 14 heteroatoms. The van der Waals surface area contributed by atoms with Gasteiger partial charge in [0.15, 0.2) is 11.5 Å². The zero-order valence-electron chi connectivity index (χ0n) is 26.9. The lowest BCUT2D eigenvalue weighted by Gasteiger charge is -2.33. The van der Waals surface area contributed by atoms with E-state index in [1.807, 2.05) is 0 Å². The molecule has 254 valence electrons. The van der Waals surface area contributed by atoms with Crippen LogP contribution < -0.4 is 28.6 Å². The lowest BCUT2D eigenvalue weighted by molar-refractivity contribution is -0.139. The molecule has 11 nitrogen and oxygen atoms in total. The van der Waals surface area contributed by atoms with Gasteiger partial charge in [-0.2, -0.15) is 0 Å². The lowest BCUT2D eigenvalue weighted by Crippen LogP contribution is -2.52. The number of hydrogen-bond acceptors (Lipinski definition) is 8. The van der Waals surface area contributed by atoms with Crippen molar-refractivity contribution >= 4 is 50.7 Å². The van der Waals surface area contributed by atoms with E-state index in [1.165, 1.54) is 63.7 Å². The standard InChI is InChI=1S/C33H39Cl2N3O8S/c1-21(33(40)36-22-9-6-7-10-22)37(19-25-26(34)11-8-12-27(25)35)32(39)20-38(28-17-23(43-2)13-15-29(28)44-3)47(41,42)24-14-16-30(45-4)31(18-24)46-5/h8,11-18,21-22H,6-7,9-10,19-20H2,1-5H3,(H,36,40)/t21-/m1/s1. The molecule has 4 rings (SSSR count). The largest absolute Gasteiger partial charge is 0.497 e. The summed E-state index contributed by atoms with van der Waals surface area (Å²) in [4.78, 5) is 29.1. The van der Waals surface area contributed by atoms with Crippen molar-refractivity contribution in [2.24, 2.45) is 0 Å². The first-order valence-electron chi connectivity index (χ1n) is 14.9. The Labute approximate surface area is 285 Å². The maximum Gasteiger partial charge on any atom is 0.265 e. The number of nitrogens with zero attached hydrogens (tertiary/aromatic N) is 2. The Hall–Kier alpha value is -3.87. The molecule has 1 N–H and O–H groups in total. The number of sulfonamides is 1. The van der Waals surface area contributed by atoms with Crippen LogP contribution in [-0.4, -0.2) is 72.2 Å². The minimum atomic E-state index is -4.49. The van der Waals surface area contributed by atoms with Crippen molar-refractivity contribution in [1.82, 2.24) is 10.2 Å². The summed E-state index contributed by atoms with van der Waals surface area (Å²) in [6, 6.07) is 12.6. The third-order valence-electron chi connectivity index (χ3n) is 8.14. The van der Waals surface area contributed by atoms with Crippen LogP contribution in [0.5, 0.6) is 23.0 Å². The van der Waals surface area contributed by atoms with Crippen LogP contribution in [0.15, 0.2) is 59.5 Å². The van der Waals surface area contributed by atoms with Crippen molar-refractivity contribution in [1.29, 1.82) is 0 Å². The summed E-state index contributed by atoms with van der Waals surface area (Å²) in [6.07, 6.45) is 3.69. The maximum atomic E-state index is 14.5. The first kappa shape index (κ1) is 36.0. The molecule has 47 heavy (non-hydrogen) atoms. The van der Waals surface area contributed by atoms with Crippen molar-refractivity contribution in [3.63, 3.8) is 0 Å². The fraction of sp³-hybridized carbons (Fsp3) is 0.394. The molecule has 1 aliphatic rings. The molecule has 1 atom stereocenters. The van der Waals surface area contributed by atoms with Crippen LogP contribution in [0.2, 0.25) is 10.0 Å². The van der Waals surface area contributed by atoms with E-state index in [0.29, 0.717) is 27.1 Å². The Balaban J connectivity index is 1.82. The van der Waals surface area contributed by atoms with E-state index in [0.717, 1.165) is 30.0 Å². The molecule has 0 unspecified atom stereocenters. The fourth-order valence-electron chi connectivity index (χ4n) is 5.44. The predicted molar refractivity (Wildman–Crippen MR) is 180 cm³/mol. The molecule has 3 aromatic rings. The second-order valence-electron chi connectivity index (χ2n) is 11.0. The summed E-state index contributed by atoms with van der Waals surface area (Å²) in [5.74, 6) is -0.0894. The third-order valence-corrected chi connectivity index (χ3v) is 10.6. The molecule has 2 amide bonds. The fourth-order valence-corrected chi connectivity index (χ4v) is 7.39. The molecule has 0 saturated heterocycles. The highest BCUT2D eigenvalue weighted by Crippen LogP contribution is 2.38. The van der Waals surface area contributed by atoms with E-state index in [1.54, 1.807) is 31.2 Å². The van der Waals surface area contributed by atoms with Gasteiger partial charge in [-0.1, -0.05) is 42.1 Å². The van der Waals surface area contributed by atoms with Gasteiger partial charge in [-0.15, -0.1) is 0 Å². The maximum absolute atomic E-state index is 14.5. The zero-order valence-corrected chi connectivity index (χ0v) is 29.2. The average Bonchev–Trinajstić information content (AvgIpc) is 3.59. The molecular weight excluding hydrogens is 669 g/mol. The van der Waals surface area contributed by atoms with Crippen LogP contribution in [0.1, 0.15) is 38.2 Å². The topological polar surface area (TPSA) is 124 Å². The van der Waals surface area contributed by atoms with Crippen LogP contribution in [-0.2, 0) is 26.2 Å². The highest BCUT2D eigenvalue weighted by molar-refractivity contribution is 7.92. The van der Waals surface area contributed by atoms with Gasteiger partial charge in [0.1, 0.15) is 24.1 Å². The van der Waals surface area contributed by atoms with Crippen LogP contribution in [0, 0.1) is 0 Å². The number of anilines is 1. The Bertz CT molecular complexity index is 1680. The van der Waals surface area contributed by atoms with Gasteiger partial charge in [0.2, 0.25) is 11.8 Å². The molecule has 1 saturated carbocycles. The normalized spacial score (nSPS) is 13.9. The quantitative estimate of drug-likeness (QED) is 0.226. The monoisotopic (exact) mass is 707 g/mol. The number of methoxy groups -OCH3 is 4. The summed E-state index contributed by atoms with van der Waals surface area (Å²) in [5, 5.41) is 3.62. The first-order chi connectivity index (χ1) is 22.4. The SMILES string of the molecule is COc1ccc(OC)c(N(CC(=O)N(Cc2c(Cl)cccc2Cl)[C@H](C)C(=O)NC2CCCC2)S(=O)(=O)c2ccc(OC)c(OC)c2)c1. The Morgan fingerprint density at radius 1 is 0.872 bits per heavy atom.